The fourth-order valence-corrected chi connectivity index (χ4v) is 5.38. The standard InChI is InChI=1S/C20H22N4O2S/c1-2-9-23(18-8-10-27(25,26)15-18)13-16-11-21-20-19(12-22-24(20)14-16)17-6-4-3-5-7-17/h2-7,11-12,14,18H,1,8-10,13,15H2/t18-/m0/s1. The molecule has 1 fully saturated rings. The molecular weight excluding hydrogens is 360 g/mol. The Kier molecular flexibility index (Phi) is 4.80. The summed E-state index contributed by atoms with van der Waals surface area (Å²) >= 11 is 0. The van der Waals surface area contributed by atoms with Crippen LogP contribution in [0, 0.1) is 0 Å². The molecule has 1 aliphatic heterocycles. The van der Waals surface area contributed by atoms with Crippen LogP contribution < -0.4 is 0 Å². The molecule has 1 saturated heterocycles. The second-order valence-corrected chi connectivity index (χ2v) is 9.16. The summed E-state index contributed by atoms with van der Waals surface area (Å²) in [6, 6.07) is 10.1. The fraction of sp³-hybridized carbons (Fsp3) is 0.300. The minimum atomic E-state index is -2.92. The highest BCUT2D eigenvalue weighted by atomic mass is 32.2. The minimum absolute atomic E-state index is 0.0289. The van der Waals surface area contributed by atoms with Crippen molar-refractivity contribution >= 4 is 15.5 Å². The summed E-state index contributed by atoms with van der Waals surface area (Å²) in [5, 5.41) is 4.45. The van der Waals surface area contributed by atoms with Gasteiger partial charge >= 0.3 is 0 Å². The van der Waals surface area contributed by atoms with E-state index >= 15 is 0 Å². The van der Waals surface area contributed by atoms with E-state index < -0.39 is 9.84 Å². The predicted molar refractivity (Wildman–Crippen MR) is 106 cm³/mol. The highest BCUT2D eigenvalue weighted by Crippen LogP contribution is 2.24. The topological polar surface area (TPSA) is 67.6 Å². The van der Waals surface area contributed by atoms with E-state index in [0.717, 1.165) is 22.3 Å². The van der Waals surface area contributed by atoms with Crippen molar-refractivity contribution in [2.75, 3.05) is 18.1 Å². The van der Waals surface area contributed by atoms with Crippen LogP contribution >= 0.6 is 0 Å². The maximum Gasteiger partial charge on any atom is 0.162 e. The average Bonchev–Trinajstić information content (AvgIpc) is 3.24. The quantitative estimate of drug-likeness (QED) is 0.613. The molecule has 0 radical (unpaired) electrons. The van der Waals surface area contributed by atoms with Crippen LogP contribution in [0.15, 0.2) is 61.6 Å². The van der Waals surface area contributed by atoms with Crippen molar-refractivity contribution in [3.8, 4) is 11.1 Å². The number of rotatable bonds is 6. The van der Waals surface area contributed by atoms with Crippen LogP contribution in [0.1, 0.15) is 12.0 Å². The van der Waals surface area contributed by atoms with Crippen molar-refractivity contribution in [3.05, 3.63) is 67.1 Å². The van der Waals surface area contributed by atoms with Crippen molar-refractivity contribution in [3.63, 3.8) is 0 Å². The molecular formula is C20H22N4O2S. The van der Waals surface area contributed by atoms with Gasteiger partial charge in [-0.15, -0.1) is 6.58 Å². The van der Waals surface area contributed by atoms with Gasteiger partial charge in [0.15, 0.2) is 15.5 Å². The van der Waals surface area contributed by atoms with Crippen molar-refractivity contribution in [2.24, 2.45) is 0 Å². The Morgan fingerprint density at radius 1 is 1.26 bits per heavy atom. The fourth-order valence-electron chi connectivity index (χ4n) is 3.62. The molecule has 1 aliphatic rings. The first kappa shape index (κ1) is 17.9. The van der Waals surface area contributed by atoms with Gasteiger partial charge in [-0.1, -0.05) is 36.4 Å². The number of fused-ring (bicyclic) bond motifs is 1. The Morgan fingerprint density at radius 2 is 2.07 bits per heavy atom. The van der Waals surface area contributed by atoms with E-state index in [1.165, 1.54) is 0 Å². The predicted octanol–water partition coefficient (Wildman–Crippen LogP) is 2.57. The van der Waals surface area contributed by atoms with E-state index in [1.54, 1.807) is 4.52 Å². The van der Waals surface area contributed by atoms with E-state index in [0.29, 0.717) is 19.5 Å². The molecule has 0 bridgehead atoms. The maximum absolute atomic E-state index is 11.8. The third-order valence-corrected chi connectivity index (χ3v) is 6.72. The number of benzene rings is 1. The summed E-state index contributed by atoms with van der Waals surface area (Å²) in [6.07, 6.45) is 8.13. The number of aromatic nitrogens is 3. The third kappa shape index (κ3) is 3.79. The van der Waals surface area contributed by atoms with E-state index in [4.69, 9.17) is 0 Å². The molecule has 0 unspecified atom stereocenters. The summed E-state index contributed by atoms with van der Waals surface area (Å²) < 4.78 is 25.5. The molecule has 0 amide bonds. The monoisotopic (exact) mass is 382 g/mol. The lowest BCUT2D eigenvalue weighted by molar-refractivity contribution is 0.226. The number of hydrogen-bond donors (Lipinski definition) is 0. The minimum Gasteiger partial charge on any atom is -0.291 e. The molecule has 0 aliphatic carbocycles. The summed E-state index contributed by atoms with van der Waals surface area (Å²) in [6.45, 7) is 5.08. The molecule has 3 aromatic rings. The van der Waals surface area contributed by atoms with E-state index in [2.05, 4.69) is 21.6 Å². The van der Waals surface area contributed by atoms with Gasteiger partial charge in [0.2, 0.25) is 0 Å². The van der Waals surface area contributed by atoms with Gasteiger partial charge in [0.05, 0.1) is 17.7 Å². The summed E-state index contributed by atoms with van der Waals surface area (Å²) in [5.74, 6) is 0.485. The molecule has 1 aromatic carbocycles. The smallest absolute Gasteiger partial charge is 0.162 e. The normalized spacial score (nSPS) is 18.9. The zero-order chi connectivity index (χ0) is 18.9. The van der Waals surface area contributed by atoms with Crippen molar-refractivity contribution < 1.29 is 8.42 Å². The van der Waals surface area contributed by atoms with Gasteiger partial charge in [-0.3, -0.25) is 4.90 Å². The van der Waals surface area contributed by atoms with Crippen LogP contribution in [0.5, 0.6) is 0 Å². The zero-order valence-electron chi connectivity index (χ0n) is 15.0. The Labute approximate surface area is 159 Å². The van der Waals surface area contributed by atoms with Gasteiger partial charge in [0, 0.05) is 42.7 Å². The second kappa shape index (κ2) is 7.25. The summed E-state index contributed by atoms with van der Waals surface area (Å²) in [4.78, 5) is 6.77. The van der Waals surface area contributed by atoms with Gasteiger partial charge < -0.3 is 0 Å². The van der Waals surface area contributed by atoms with Gasteiger partial charge in [-0.2, -0.15) is 5.10 Å². The SMILES string of the molecule is C=CCN(Cc1cnc2c(-c3ccccc3)cnn2c1)[C@H]1CCS(=O)(=O)C1. The molecule has 4 rings (SSSR count). The van der Waals surface area contributed by atoms with Gasteiger partial charge in [-0.05, 0) is 12.0 Å². The highest BCUT2D eigenvalue weighted by Gasteiger charge is 2.31. The van der Waals surface area contributed by atoms with Gasteiger partial charge in [-0.25, -0.2) is 17.9 Å². The van der Waals surface area contributed by atoms with E-state index in [-0.39, 0.29) is 17.5 Å². The molecule has 3 heterocycles. The van der Waals surface area contributed by atoms with Crippen LogP contribution in [-0.4, -0.2) is 52.0 Å². The van der Waals surface area contributed by atoms with Crippen molar-refractivity contribution in [1.82, 2.24) is 19.5 Å². The Bertz CT molecular complexity index is 1060. The molecule has 0 N–H and O–H groups in total. The van der Waals surface area contributed by atoms with Crippen LogP contribution in [-0.2, 0) is 16.4 Å². The van der Waals surface area contributed by atoms with E-state index in [1.807, 2.05) is 55.0 Å². The lowest BCUT2D eigenvalue weighted by atomic mass is 10.1. The third-order valence-electron chi connectivity index (χ3n) is 4.97. The average molecular weight is 382 g/mol. The Balaban J connectivity index is 1.59. The molecule has 2 aromatic heterocycles. The summed E-state index contributed by atoms with van der Waals surface area (Å²) in [5.41, 5.74) is 3.88. The first-order valence-electron chi connectivity index (χ1n) is 8.99. The molecule has 7 heteroatoms. The van der Waals surface area contributed by atoms with Crippen molar-refractivity contribution in [2.45, 2.75) is 19.0 Å². The number of hydrogen-bond acceptors (Lipinski definition) is 5. The van der Waals surface area contributed by atoms with Gasteiger partial charge in [0.1, 0.15) is 0 Å². The zero-order valence-corrected chi connectivity index (χ0v) is 15.8. The number of sulfone groups is 1. The van der Waals surface area contributed by atoms with Crippen LogP contribution in [0.4, 0.5) is 0 Å². The Hall–Kier alpha value is -2.51. The van der Waals surface area contributed by atoms with Crippen LogP contribution in [0.3, 0.4) is 0 Å². The molecule has 1 atom stereocenters. The lowest BCUT2D eigenvalue weighted by Gasteiger charge is -2.26. The maximum atomic E-state index is 11.8. The largest absolute Gasteiger partial charge is 0.291 e. The molecule has 6 nitrogen and oxygen atoms in total. The lowest BCUT2D eigenvalue weighted by Crippen LogP contribution is -2.36. The number of nitrogens with zero attached hydrogens (tertiary/aromatic N) is 4. The van der Waals surface area contributed by atoms with Gasteiger partial charge in [0.25, 0.3) is 0 Å². The summed E-state index contributed by atoms with van der Waals surface area (Å²) in [7, 11) is -2.92. The van der Waals surface area contributed by atoms with Crippen LogP contribution in [0.2, 0.25) is 0 Å². The second-order valence-electron chi connectivity index (χ2n) is 6.93. The van der Waals surface area contributed by atoms with Crippen LogP contribution in [0.25, 0.3) is 16.8 Å². The highest BCUT2D eigenvalue weighted by molar-refractivity contribution is 7.91. The molecule has 0 spiro atoms. The molecule has 140 valence electrons. The molecule has 0 saturated carbocycles. The molecule has 27 heavy (non-hydrogen) atoms. The van der Waals surface area contributed by atoms with Crippen molar-refractivity contribution in [1.29, 1.82) is 0 Å². The first-order chi connectivity index (χ1) is 13.1. The Morgan fingerprint density at radius 3 is 2.78 bits per heavy atom. The van der Waals surface area contributed by atoms with E-state index in [9.17, 15) is 8.42 Å². The first-order valence-corrected chi connectivity index (χ1v) is 10.8.